The summed E-state index contributed by atoms with van der Waals surface area (Å²) in [4.78, 5) is 23.8. The minimum absolute atomic E-state index is 0.252. The summed E-state index contributed by atoms with van der Waals surface area (Å²) in [7, 11) is 0. The van der Waals surface area contributed by atoms with E-state index in [2.05, 4.69) is 13.8 Å². The third-order valence-electron chi connectivity index (χ3n) is 4.17. The maximum absolute atomic E-state index is 11.9. The minimum atomic E-state index is -0.290. The zero-order valence-electron chi connectivity index (χ0n) is 15.4. The molecule has 0 aliphatic carbocycles. The van der Waals surface area contributed by atoms with Gasteiger partial charge in [0.25, 0.3) is 0 Å². The van der Waals surface area contributed by atoms with E-state index in [1.165, 1.54) is 0 Å². The second-order valence-corrected chi connectivity index (χ2v) is 6.70. The number of carbonyl (C=O) groups excluding carboxylic acids is 2. The number of ether oxygens (including phenoxy) is 2. The van der Waals surface area contributed by atoms with Crippen LogP contribution in [0.15, 0.2) is 60.7 Å². The van der Waals surface area contributed by atoms with Crippen molar-refractivity contribution in [2.75, 3.05) is 13.2 Å². The Morgan fingerprint density at radius 1 is 0.769 bits per heavy atom. The fourth-order valence-electron chi connectivity index (χ4n) is 2.76. The van der Waals surface area contributed by atoms with Gasteiger partial charge in [0.15, 0.2) is 0 Å². The molecule has 4 heteroatoms. The molecule has 138 valence electrons. The predicted octanol–water partition coefficient (Wildman–Crippen LogP) is 4.75. The van der Waals surface area contributed by atoms with Crippen molar-refractivity contribution in [2.24, 2.45) is 11.8 Å². The normalized spacial score (nSPS) is 12.8. The Labute approximate surface area is 155 Å². The first-order valence-corrected chi connectivity index (χ1v) is 9.00. The average Bonchev–Trinajstić information content (AvgIpc) is 2.67. The summed E-state index contributed by atoms with van der Waals surface area (Å²) in [5.74, 6) is 0.0519. The van der Waals surface area contributed by atoms with Crippen LogP contribution in [0.5, 0.6) is 0 Å². The third-order valence-corrected chi connectivity index (χ3v) is 4.17. The predicted molar refractivity (Wildman–Crippen MR) is 101 cm³/mol. The summed E-state index contributed by atoms with van der Waals surface area (Å²) >= 11 is 0. The van der Waals surface area contributed by atoms with Gasteiger partial charge in [0, 0.05) is 0 Å². The summed E-state index contributed by atoms with van der Waals surface area (Å²) < 4.78 is 10.7. The molecule has 0 unspecified atom stereocenters. The smallest absolute Gasteiger partial charge is 0.338 e. The summed E-state index contributed by atoms with van der Waals surface area (Å²) in [6, 6.07) is 18.0. The van der Waals surface area contributed by atoms with Crippen LogP contribution in [-0.4, -0.2) is 25.2 Å². The van der Waals surface area contributed by atoms with Crippen LogP contribution >= 0.6 is 0 Å². The van der Waals surface area contributed by atoms with E-state index in [-0.39, 0.29) is 17.9 Å². The Hall–Kier alpha value is -2.62. The van der Waals surface area contributed by atoms with Gasteiger partial charge in [0.2, 0.25) is 0 Å². The van der Waals surface area contributed by atoms with Crippen molar-refractivity contribution in [1.29, 1.82) is 0 Å². The van der Waals surface area contributed by atoms with Crippen LogP contribution in [0, 0.1) is 11.8 Å². The van der Waals surface area contributed by atoms with Gasteiger partial charge in [-0.3, -0.25) is 0 Å². The lowest BCUT2D eigenvalue weighted by atomic mass is 9.95. The number of hydrogen-bond donors (Lipinski definition) is 0. The van der Waals surface area contributed by atoms with Crippen molar-refractivity contribution in [3.63, 3.8) is 0 Å². The van der Waals surface area contributed by atoms with Crippen LogP contribution < -0.4 is 0 Å². The molecule has 0 saturated carbocycles. The van der Waals surface area contributed by atoms with Crippen LogP contribution in [0.3, 0.4) is 0 Å². The number of benzene rings is 2. The van der Waals surface area contributed by atoms with Gasteiger partial charge in [-0.05, 0) is 48.9 Å². The second kappa shape index (κ2) is 10.4. The molecule has 0 saturated heterocycles. The quantitative estimate of drug-likeness (QED) is 0.610. The van der Waals surface area contributed by atoms with E-state index in [0.29, 0.717) is 30.3 Å². The molecule has 0 radical (unpaired) electrons. The summed E-state index contributed by atoms with van der Waals surface area (Å²) in [6.07, 6.45) is 1.69. The fraction of sp³-hybridized carbons (Fsp3) is 0.364. The zero-order valence-corrected chi connectivity index (χ0v) is 15.4. The Morgan fingerprint density at radius 2 is 1.27 bits per heavy atom. The largest absolute Gasteiger partial charge is 0.462 e. The maximum Gasteiger partial charge on any atom is 0.338 e. The van der Waals surface area contributed by atoms with Gasteiger partial charge in [-0.25, -0.2) is 9.59 Å². The van der Waals surface area contributed by atoms with Crippen molar-refractivity contribution in [2.45, 2.75) is 26.7 Å². The molecule has 0 N–H and O–H groups in total. The van der Waals surface area contributed by atoms with Crippen molar-refractivity contribution in [3.05, 3.63) is 71.8 Å². The molecule has 0 aromatic heterocycles. The molecule has 2 rings (SSSR count). The van der Waals surface area contributed by atoms with E-state index in [4.69, 9.17) is 9.47 Å². The summed E-state index contributed by atoms with van der Waals surface area (Å²) in [6.45, 7) is 4.96. The molecular weight excluding hydrogens is 328 g/mol. The van der Waals surface area contributed by atoms with E-state index in [0.717, 1.165) is 12.8 Å². The fourth-order valence-corrected chi connectivity index (χ4v) is 2.76. The minimum Gasteiger partial charge on any atom is -0.462 e. The molecule has 26 heavy (non-hydrogen) atoms. The Morgan fingerprint density at radius 3 is 1.81 bits per heavy atom. The topological polar surface area (TPSA) is 52.6 Å². The lowest BCUT2D eigenvalue weighted by Crippen LogP contribution is -2.16. The number of rotatable bonds is 9. The molecule has 2 atom stereocenters. The van der Waals surface area contributed by atoms with Crippen LogP contribution in [0.4, 0.5) is 0 Å². The highest BCUT2D eigenvalue weighted by Crippen LogP contribution is 2.16. The molecule has 2 aromatic carbocycles. The van der Waals surface area contributed by atoms with E-state index < -0.39 is 0 Å². The summed E-state index contributed by atoms with van der Waals surface area (Å²) in [5.41, 5.74) is 1.14. The second-order valence-electron chi connectivity index (χ2n) is 6.70. The van der Waals surface area contributed by atoms with E-state index in [1.807, 2.05) is 36.4 Å². The summed E-state index contributed by atoms with van der Waals surface area (Å²) in [5, 5.41) is 0. The number of hydrogen-bond acceptors (Lipinski definition) is 4. The first-order chi connectivity index (χ1) is 12.6. The highest BCUT2D eigenvalue weighted by atomic mass is 16.5. The molecule has 0 amide bonds. The highest BCUT2D eigenvalue weighted by Gasteiger charge is 2.14. The Kier molecular flexibility index (Phi) is 7.87. The molecule has 4 nitrogen and oxygen atoms in total. The molecule has 0 aliphatic rings. The molecular formula is C22H26O4. The van der Waals surface area contributed by atoms with Gasteiger partial charge in [0.1, 0.15) is 0 Å². The first kappa shape index (κ1) is 19.7. The van der Waals surface area contributed by atoms with Crippen molar-refractivity contribution in [3.8, 4) is 0 Å². The van der Waals surface area contributed by atoms with E-state index in [9.17, 15) is 9.59 Å². The van der Waals surface area contributed by atoms with Gasteiger partial charge < -0.3 is 9.47 Å². The monoisotopic (exact) mass is 354 g/mol. The standard InChI is InChI=1S/C22H26O4/c1-17(13-14-25-21(23)19-9-5-3-6-10-19)15-18(2)16-26-22(24)20-11-7-4-8-12-20/h3-12,17-18H,13-16H2,1-2H3/t17-,18-/m1/s1. The average molecular weight is 354 g/mol. The molecule has 2 aromatic rings. The SMILES string of the molecule is C[C@H](CCOC(=O)c1ccccc1)C[C@@H](C)COC(=O)c1ccccc1. The Balaban J connectivity index is 1.63. The lowest BCUT2D eigenvalue weighted by Gasteiger charge is -2.17. The Bertz CT molecular complexity index is 682. The van der Waals surface area contributed by atoms with Gasteiger partial charge >= 0.3 is 11.9 Å². The lowest BCUT2D eigenvalue weighted by molar-refractivity contribution is 0.0409. The molecule has 0 fully saturated rings. The van der Waals surface area contributed by atoms with Crippen molar-refractivity contribution >= 4 is 11.9 Å². The molecule has 0 bridgehead atoms. The molecule has 0 heterocycles. The van der Waals surface area contributed by atoms with Crippen molar-refractivity contribution < 1.29 is 19.1 Å². The van der Waals surface area contributed by atoms with Gasteiger partial charge in [0.05, 0.1) is 24.3 Å². The highest BCUT2D eigenvalue weighted by molar-refractivity contribution is 5.89. The van der Waals surface area contributed by atoms with Crippen LogP contribution in [-0.2, 0) is 9.47 Å². The third kappa shape index (κ3) is 6.71. The number of carbonyl (C=O) groups is 2. The maximum atomic E-state index is 11.9. The van der Waals surface area contributed by atoms with Gasteiger partial charge in [-0.1, -0.05) is 50.2 Å². The number of esters is 2. The molecule has 0 aliphatic heterocycles. The first-order valence-electron chi connectivity index (χ1n) is 9.00. The van der Waals surface area contributed by atoms with Crippen LogP contribution in [0.2, 0.25) is 0 Å². The van der Waals surface area contributed by atoms with Gasteiger partial charge in [-0.2, -0.15) is 0 Å². The molecule has 0 spiro atoms. The van der Waals surface area contributed by atoms with E-state index >= 15 is 0 Å². The van der Waals surface area contributed by atoms with Crippen LogP contribution in [0.1, 0.15) is 47.4 Å². The zero-order chi connectivity index (χ0) is 18.8. The van der Waals surface area contributed by atoms with Crippen LogP contribution in [0.25, 0.3) is 0 Å². The van der Waals surface area contributed by atoms with Crippen molar-refractivity contribution in [1.82, 2.24) is 0 Å². The van der Waals surface area contributed by atoms with Gasteiger partial charge in [-0.15, -0.1) is 0 Å². The van der Waals surface area contributed by atoms with E-state index in [1.54, 1.807) is 24.3 Å².